The highest BCUT2D eigenvalue weighted by molar-refractivity contribution is 5.43. The Kier molecular flexibility index (Phi) is 10.1. The van der Waals surface area contributed by atoms with Crippen LogP contribution in [0.25, 0.3) is 5.69 Å². The topological polar surface area (TPSA) is 69.0 Å². The number of benzene rings is 2. The Morgan fingerprint density at radius 1 is 1.08 bits per heavy atom. The van der Waals surface area contributed by atoms with Gasteiger partial charge >= 0.3 is 0 Å². The fourth-order valence-electron chi connectivity index (χ4n) is 4.66. The molecule has 0 amide bonds. The Hall–Kier alpha value is -2.71. The summed E-state index contributed by atoms with van der Waals surface area (Å²) < 4.78 is 20.1. The standard InChI is InChI=1S/C30H41N3O4/c1-4-29-28(20-32(19-27-16-11-17-36-27)18-25(34)22-35-21-23(2)3)30(37-26-14-9-6-10-15-26)33(31-29)24-12-7-5-8-13-24/h5-10,12-15,23,25,27,34H,4,11,16-22H2,1-3H3/t25-,27+/m0/s1. The fourth-order valence-corrected chi connectivity index (χ4v) is 4.66. The highest BCUT2D eigenvalue weighted by Gasteiger charge is 2.26. The van der Waals surface area contributed by atoms with Gasteiger partial charge in [0.1, 0.15) is 5.75 Å². The number of aromatic nitrogens is 2. The lowest BCUT2D eigenvalue weighted by Crippen LogP contribution is -2.39. The Morgan fingerprint density at radius 3 is 2.46 bits per heavy atom. The number of aliphatic hydroxyl groups is 1. The lowest BCUT2D eigenvalue weighted by molar-refractivity contribution is -0.00407. The molecule has 2 atom stereocenters. The number of nitrogens with zero attached hydrogens (tertiary/aromatic N) is 3. The molecule has 1 aromatic heterocycles. The highest BCUT2D eigenvalue weighted by atomic mass is 16.5. The van der Waals surface area contributed by atoms with Crippen molar-refractivity contribution in [3.63, 3.8) is 0 Å². The molecule has 0 spiro atoms. The van der Waals surface area contributed by atoms with Crippen LogP contribution in [0.3, 0.4) is 0 Å². The summed E-state index contributed by atoms with van der Waals surface area (Å²) in [5.74, 6) is 1.90. The molecule has 1 saturated heterocycles. The average Bonchev–Trinajstić information content (AvgIpc) is 3.53. The van der Waals surface area contributed by atoms with E-state index in [9.17, 15) is 5.11 Å². The third kappa shape index (κ3) is 7.89. The summed E-state index contributed by atoms with van der Waals surface area (Å²) in [6.07, 6.45) is 2.46. The third-order valence-electron chi connectivity index (χ3n) is 6.41. The van der Waals surface area contributed by atoms with Crippen LogP contribution in [0.2, 0.25) is 0 Å². The zero-order valence-electron chi connectivity index (χ0n) is 22.4. The van der Waals surface area contributed by atoms with Gasteiger partial charge in [-0.25, -0.2) is 4.68 Å². The number of rotatable bonds is 14. The second-order valence-corrected chi connectivity index (χ2v) is 10.2. The number of para-hydroxylation sites is 2. The van der Waals surface area contributed by atoms with Crippen LogP contribution >= 0.6 is 0 Å². The lowest BCUT2D eigenvalue weighted by Gasteiger charge is -2.28. The Bertz CT molecular complexity index is 1070. The summed E-state index contributed by atoms with van der Waals surface area (Å²) in [7, 11) is 0. The Balaban J connectivity index is 1.63. The van der Waals surface area contributed by atoms with Gasteiger partial charge in [0, 0.05) is 32.8 Å². The molecule has 4 rings (SSSR count). The van der Waals surface area contributed by atoms with Gasteiger partial charge in [0.2, 0.25) is 5.88 Å². The molecule has 1 fully saturated rings. The van der Waals surface area contributed by atoms with Crippen LogP contribution in [-0.4, -0.2) is 64.9 Å². The first-order chi connectivity index (χ1) is 18.0. The molecule has 2 heterocycles. The maximum Gasteiger partial charge on any atom is 0.227 e. The molecule has 0 saturated carbocycles. The van der Waals surface area contributed by atoms with Crippen LogP contribution in [0, 0.1) is 5.92 Å². The molecule has 37 heavy (non-hydrogen) atoms. The summed E-state index contributed by atoms with van der Waals surface area (Å²) in [6, 6.07) is 19.9. The van der Waals surface area contributed by atoms with Gasteiger partial charge in [-0.1, -0.05) is 57.2 Å². The molecule has 200 valence electrons. The smallest absolute Gasteiger partial charge is 0.227 e. The largest absolute Gasteiger partial charge is 0.439 e. The van der Waals surface area contributed by atoms with Crippen molar-refractivity contribution in [1.29, 1.82) is 0 Å². The Labute approximate surface area is 221 Å². The van der Waals surface area contributed by atoms with E-state index in [1.165, 1.54) is 0 Å². The molecule has 0 radical (unpaired) electrons. The summed E-state index contributed by atoms with van der Waals surface area (Å²) >= 11 is 0. The first-order valence-corrected chi connectivity index (χ1v) is 13.5. The zero-order chi connectivity index (χ0) is 26.0. The van der Waals surface area contributed by atoms with E-state index in [0.717, 1.165) is 55.1 Å². The Morgan fingerprint density at radius 2 is 1.81 bits per heavy atom. The van der Waals surface area contributed by atoms with Crippen molar-refractivity contribution < 1.29 is 19.3 Å². The van der Waals surface area contributed by atoms with Gasteiger partial charge in [0.25, 0.3) is 0 Å². The second-order valence-electron chi connectivity index (χ2n) is 10.2. The molecule has 1 aliphatic rings. The van der Waals surface area contributed by atoms with Gasteiger partial charge in [-0.3, -0.25) is 4.90 Å². The van der Waals surface area contributed by atoms with Crippen LogP contribution in [0.5, 0.6) is 11.6 Å². The van der Waals surface area contributed by atoms with Crippen LogP contribution in [0.4, 0.5) is 0 Å². The van der Waals surface area contributed by atoms with E-state index < -0.39 is 6.10 Å². The van der Waals surface area contributed by atoms with E-state index in [1.54, 1.807) is 0 Å². The molecular formula is C30H41N3O4. The minimum Gasteiger partial charge on any atom is -0.439 e. The van der Waals surface area contributed by atoms with E-state index in [4.69, 9.17) is 19.3 Å². The molecule has 0 aliphatic carbocycles. The van der Waals surface area contributed by atoms with Gasteiger partial charge in [-0.2, -0.15) is 5.10 Å². The molecule has 3 aromatic rings. The van der Waals surface area contributed by atoms with E-state index in [1.807, 2.05) is 65.3 Å². The number of ether oxygens (including phenoxy) is 3. The van der Waals surface area contributed by atoms with Gasteiger partial charge in [0.15, 0.2) is 0 Å². The number of aliphatic hydroxyl groups excluding tert-OH is 1. The van der Waals surface area contributed by atoms with Crippen LogP contribution in [0.1, 0.15) is 44.9 Å². The SMILES string of the molecule is CCc1nn(-c2ccccc2)c(Oc2ccccc2)c1CN(C[C@H](O)COCC(C)C)C[C@H]1CCCO1. The predicted octanol–water partition coefficient (Wildman–Crippen LogP) is 5.24. The summed E-state index contributed by atoms with van der Waals surface area (Å²) in [5.41, 5.74) is 2.96. The number of aryl methyl sites for hydroxylation is 1. The van der Waals surface area contributed by atoms with E-state index in [-0.39, 0.29) is 6.10 Å². The van der Waals surface area contributed by atoms with Gasteiger partial charge < -0.3 is 19.3 Å². The zero-order valence-corrected chi connectivity index (χ0v) is 22.4. The monoisotopic (exact) mass is 507 g/mol. The maximum absolute atomic E-state index is 10.8. The lowest BCUT2D eigenvalue weighted by atomic mass is 10.1. The number of hydrogen-bond donors (Lipinski definition) is 1. The van der Waals surface area contributed by atoms with Crippen molar-refractivity contribution in [3.05, 3.63) is 71.9 Å². The maximum atomic E-state index is 10.8. The van der Waals surface area contributed by atoms with Crippen molar-refractivity contribution in [3.8, 4) is 17.3 Å². The summed E-state index contributed by atoms with van der Waals surface area (Å²) in [5, 5.41) is 15.8. The fraction of sp³-hybridized carbons (Fsp3) is 0.500. The summed E-state index contributed by atoms with van der Waals surface area (Å²) in [4.78, 5) is 2.27. The van der Waals surface area contributed by atoms with Crippen molar-refractivity contribution in [2.75, 3.05) is 32.9 Å². The van der Waals surface area contributed by atoms with Crippen molar-refractivity contribution >= 4 is 0 Å². The second kappa shape index (κ2) is 13.7. The molecule has 7 heteroatoms. The average molecular weight is 508 g/mol. The molecule has 7 nitrogen and oxygen atoms in total. The van der Waals surface area contributed by atoms with Crippen LogP contribution in [-0.2, 0) is 22.4 Å². The summed E-state index contributed by atoms with van der Waals surface area (Å²) in [6.45, 7) is 9.92. The first kappa shape index (κ1) is 27.3. The third-order valence-corrected chi connectivity index (χ3v) is 6.41. The first-order valence-electron chi connectivity index (χ1n) is 13.5. The van der Waals surface area contributed by atoms with E-state index in [2.05, 4.69) is 25.7 Å². The van der Waals surface area contributed by atoms with E-state index in [0.29, 0.717) is 38.1 Å². The van der Waals surface area contributed by atoms with Gasteiger partial charge in [-0.05, 0) is 49.4 Å². The van der Waals surface area contributed by atoms with Crippen molar-refractivity contribution in [1.82, 2.24) is 14.7 Å². The van der Waals surface area contributed by atoms with Crippen molar-refractivity contribution in [2.24, 2.45) is 5.92 Å². The predicted molar refractivity (Wildman–Crippen MR) is 145 cm³/mol. The molecular weight excluding hydrogens is 466 g/mol. The molecule has 2 aromatic carbocycles. The normalized spacial score (nSPS) is 16.5. The van der Waals surface area contributed by atoms with Gasteiger partial charge in [-0.15, -0.1) is 0 Å². The molecule has 1 N–H and O–H groups in total. The quantitative estimate of drug-likeness (QED) is 0.322. The molecule has 1 aliphatic heterocycles. The molecule has 0 bridgehead atoms. The van der Waals surface area contributed by atoms with Crippen LogP contribution < -0.4 is 4.74 Å². The minimum atomic E-state index is -0.590. The van der Waals surface area contributed by atoms with Gasteiger partial charge in [0.05, 0.1) is 35.8 Å². The highest BCUT2D eigenvalue weighted by Crippen LogP contribution is 2.32. The number of hydrogen-bond acceptors (Lipinski definition) is 6. The van der Waals surface area contributed by atoms with E-state index >= 15 is 0 Å². The minimum absolute atomic E-state index is 0.163. The van der Waals surface area contributed by atoms with Crippen molar-refractivity contribution in [2.45, 2.75) is 58.8 Å². The molecule has 0 unspecified atom stereocenters. The van der Waals surface area contributed by atoms with Crippen LogP contribution in [0.15, 0.2) is 60.7 Å².